The van der Waals surface area contributed by atoms with Crippen molar-refractivity contribution in [1.29, 1.82) is 0 Å². The average Bonchev–Trinajstić information content (AvgIpc) is 2.09. The van der Waals surface area contributed by atoms with Gasteiger partial charge >= 0.3 is 0 Å². The maximum Gasteiger partial charge on any atom is 0.148 e. The van der Waals surface area contributed by atoms with Gasteiger partial charge in [0.05, 0.1) is 15.6 Å². The third-order valence-corrected chi connectivity index (χ3v) is 3.20. The quantitative estimate of drug-likeness (QED) is 0.613. The summed E-state index contributed by atoms with van der Waals surface area (Å²) < 4.78 is 18.6. The maximum absolute atomic E-state index is 13.0. The van der Waals surface area contributed by atoms with Crippen LogP contribution >= 0.6 is 34.4 Å². The van der Waals surface area contributed by atoms with Gasteiger partial charge in [0.25, 0.3) is 0 Å². The van der Waals surface area contributed by atoms with Crippen LogP contribution in [0.3, 0.4) is 0 Å². The smallest absolute Gasteiger partial charge is 0.148 e. The molecule has 0 saturated heterocycles. The van der Waals surface area contributed by atoms with Crippen molar-refractivity contribution in [3.05, 3.63) is 21.5 Å². The molecule has 0 heterocycles. The first kappa shape index (κ1) is 10.1. The lowest BCUT2D eigenvalue weighted by Crippen LogP contribution is -1.92. The van der Waals surface area contributed by atoms with E-state index in [2.05, 4.69) is 0 Å². The van der Waals surface area contributed by atoms with Crippen LogP contribution in [0.2, 0.25) is 0 Å². The van der Waals surface area contributed by atoms with Crippen LogP contribution in [0.4, 0.5) is 4.39 Å². The second kappa shape index (κ2) is 4.32. The number of rotatable bonds is 2. The number of benzene rings is 1. The summed E-state index contributed by atoms with van der Waals surface area (Å²) in [5.74, 6) is 0.397. The van der Waals surface area contributed by atoms with Gasteiger partial charge < -0.3 is 4.74 Å². The summed E-state index contributed by atoms with van der Waals surface area (Å²) in [5.41, 5.74) is 0. The molecule has 0 amide bonds. The highest BCUT2D eigenvalue weighted by molar-refractivity contribution is 14.1. The summed E-state index contributed by atoms with van der Waals surface area (Å²) in [5, 5.41) is 0. The van der Waals surface area contributed by atoms with Crippen LogP contribution in [0.15, 0.2) is 17.0 Å². The Morgan fingerprint density at radius 2 is 2.17 bits per heavy atom. The summed E-state index contributed by atoms with van der Waals surface area (Å²) in [6.07, 6.45) is 1.94. The molecule has 0 radical (unpaired) electrons. The van der Waals surface area contributed by atoms with Gasteiger partial charge in [-0.3, -0.25) is 0 Å². The summed E-state index contributed by atoms with van der Waals surface area (Å²) >= 11 is 3.49. The minimum absolute atomic E-state index is 0.231. The molecule has 12 heavy (non-hydrogen) atoms. The summed E-state index contributed by atoms with van der Waals surface area (Å²) in [6.45, 7) is 0. The van der Waals surface area contributed by atoms with Crippen molar-refractivity contribution in [2.75, 3.05) is 13.4 Å². The zero-order valence-electron chi connectivity index (χ0n) is 6.73. The van der Waals surface area contributed by atoms with E-state index in [4.69, 9.17) is 4.74 Å². The van der Waals surface area contributed by atoms with Gasteiger partial charge in [-0.05, 0) is 41.0 Å². The first-order chi connectivity index (χ1) is 5.70. The van der Waals surface area contributed by atoms with Crippen molar-refractivity contribution >= 4 is 34.4 Å². The molecule has 66 valence electrons. The van der Waals surface area contributed by atoms with Crippen LogP contribution in [-0.2, 0) is 0 Å². The van der Waals surface area contributed by atoms with E-state index >= 15 is 0 Å². The molecule has 1 aromatic rings. The van der Waals surface area contributed by atoms with Gasteiger partial charge in [0, 0.05) is 0 Å². The summed E-state index contributed by atoms with van der Waals surface area (Å²) in [7, 11) is 1.55. The molecule has 0 saturated carbocycles. The molecule has 0 unspecified atom stereocenters. The number of hydrogen-bond donors (Lipinski definition) is 0. The maximum atomic E-state index is 13.0. The van der Waals surface area contributed by atoms with Crippen LogP contribution < -0.4 is 4.74 Å². The van der Waals surface area contributed by atoms with Crippen LogP contribution in [0.1, 0.15) is 0 Å². The highest BCUT2D eigenvalue weighted by atomic mass is 127. The fourth-order valence-electron chi connectivity index (χ4n) is 0.865. The van der Waals surface area contributed by atoms with E-state index in [1.807, 2.05) is 28.8 Å². The molecule has 0 N–H and O–H groups in total. The second-order valence-corrected chi connectivity index (χ2v) is 4.02. The standard InChI is InChI=1S/C8H8FIOS/c1-11-8-6(12-2)4-3-5(9)7(8)10/h3-4H,1-2H3. The lowest BCUT2D eigenvalue weighted by Gasteiger charge is -2.08. The number of ether oxygens (including phenoxy) is 1. The van der Waals surface area contributed by atoms with Crippen molar-refractivity contribution in [3.8, 4) is 5.75 Å². The van der Waals surface area contributed by atoms with E-state index in [1.54, 1.807) is 24.9 Å². The molecular weight excluding hydrogens is 290 g/mol. The Morgan fingerprint density at radius 3 is 2.67 bits per heavy atom. The van der Waals surface area contributed by atoms with Crippen LogP contribution in [-0.4, -0.2) is 13.4 Å². The Bertz CT molecular complexity index is 291. The fraction of sp³-hybridized carbons (Fsp3) is 0.250. The molecule has 0 fully saturated rings. The van der Waals surface area contributed by atoms with Gasteiger partial charge in [-0.15, -0.1) is 11.8 Å². The first-order valence-corrected chi connectivity index (χ1v) is 5.57. The Balaban J connectivity index is 3.25. The van der Waals surface area contributed by atoms with E-state index in [9.17, 15) is 4.39 Å². The van der Waals surface area contributed by atoms with Crippen molar-refractivity contribution < 1.29 is 9.13 Å². The van der Waals surface area contributed by atoms with Crippen molar-refractivity contribution in [2.45, 2.75) is 4.90 Å². The number of methoxy groups -OCH3 is 1. The molecule has 4 heteroatoms. The molecule has 1 aromatic carbocycles. The van der Waals surface area contributed by atoms with Gasteiger partial charge in [0.1, 0.15) is 11.6 Å². The summed E-state index contributed by atoms with van der Waals surface area (Å²) in [4.78, 5) is 0.961. The van der Waals surface area contributed by atoms with Crippen molar-refractivity contribution in [1.82, 2.24) is 0 Å². The largest absolute Gasteiger partial charge is 0.494 e. The Morgan fingerprint density at radius 1 is 1.50 bits per heavy atom. The molecule has 0 bridgehead atoms. The normalized spacial score (nSPS) is 10.0. The highest BCUT2D eigenvalue weighted by Crippen LogP contribution is 2.33. The van der Waals surface area contributed by atoms with Gasteiger partial charge in [0.2, 0.25) is 0 Å². The zero-order chi connectivity index (χ0) is 9.14. The fourth-order valence-corrected chi connectivity index (χ4v) is 2.31. The molecular formula is C8H8FIOS. The lowest BCUT2D eigenvalue weighted by molar-refractivity contribution is 0.397. The monoisotopic (exact) mass is 298 g/mol. The molecule has 0 aliphatic carbocycles. The summed E-state index contributed by atoms with van der Waals surface area (Å²) in [6, 6.07) is 3.18. The van der Waals surface area contributed by atoms with Gasteiger partial charge in [-0.2, -0.15) is 0 Å². The van der Waals surface area contributed by atoms with Gasteiger partial charge in [-0.1, -0.05) is 0 Å². The number of hydrogen-bond acceptors (Lipinski definition) is 2. The third kappa shape index (κ3) is 1.85. The molecule has 0 aromatic heterocycles. The van der Waals surface area contributed by atoms with E-state index in [0.29, 0.717) is 9.32 Å². The predicted molar refractivity (Wildman–Crippen MR) is 57.5 cm³/mol. The Labute approximate surface area is 88.8 Å². The van der Waals surface area contributed by atoms with Gasteiger partial charge in [-0.25, -0.2) is 4.39 Å². The minimum atomic E-state index is -0.231. The highest BCUT2D eigenvalue weighted by Gasteiger charge is 2.10. The first-order valence-electron chi connectivity index (χ1n) is 3.26. The predicted octanol–water partition coefficient (Wildman–Crippen LogP) is 3.16. The topological polar surface area (TPSA) is 9.23 Å². The number of thioether (sulfide) groups is 1. The molecule has 0 aliphatic heterocycles. The Hall–Kier alpha value is 0.0300. The van der Waals surface area contributed by atoms with E-state index in [0.717, 1.165) is 4.90 Å². The SMILES string of the molecule is COc1c(SC)ccc(F)c1I. The molecule has 1 rings (SSSR count). The molecule has 1 nitrogen and oxygen atoms in total. The van der Waals surface area contributed by atoms with Gasteiger partial charge in [0.15, 0.2) is 0 Å². The van der Waals surface area contributed by atoms with Crippen molar-refractivity contribution in [3.63, 3.8) is 0 Å². The van der Waals surface area contributed by atoms with Crippen LogP contribution in [0.5, 0.6) is 5.75 Å². The van der Waals surface area contributed by atoms with E-state index in [1.165, 1.54) is 6.07 Å². The van der Waals surface area contributed by atoms with E-state index < -0.39 is 0 Å². The third-order valence-electron chi connectivity index (χ3n) is 1.44. The lowest BCUT2D eigenvalue weighted by atomic mass is 10.3. The molecule has 0 spiro atoms. The zero-order valence-corrected chi connectivity index (χ0v) is 9.70. The second-order valence-electron chi connectivity index (χ2n) is 2.10. The average molecular weight is 298 g/mol. The number of halogens is 2. The molecule has 0 atom stereocenters. The molecule has 0 aliphatic rings. The van der Waals surface area contributed by atoms with E-state index in [-0.39, 0.29) is 5.82 Å². The van der Waals surface area contributed by atoms with Crippen LogP contribution in [0, 0.1) is 9.39 Å². The van der Waals surface area contributed by atoms with Crippen LogP contribution in [0.25, 0.3) is 0 Å². The van der Waals surface area contributed by atoms with Crippen molar-refractivity contribution in [2.24, 2.45) is 0 Å². The minimum Gasteiger partial charge on any atom is -0.494 e. The Kier molecular flexibility index (Phi) is 3.64.